The molecular formula is C62H119NO5. The summed E-state index contributed by atoms with van der Waals surface area (Å²) in [6, 6.07) is -0.638. The van der Waals surface area contributed by atoms with Crippen LogP contribution in [0.1, 0.15) is 335 Å². The number of aliphatic hydroxyl groups is 2. The molecule has 6 nitrogen and oxygen atoms in total. The molecule has 2 atom stereocenters. The van der Waals surface area contributed by atoms with Gasteiger partial charge in [0.2, 0.25) is 5.91 Å². The van der Waals surface area contributed by atoms with Crippen LogP contribution >= 0.6 is 0 Å². The first kappa shape index (κ1) is 66.3. The molecule has 0 radical (unpaired) electrons. The van der Waals surface area contributed by atoms with E-state index in [0.29, 0.717) is 19.4 Å². The van der Waals surface area contributed by atoms with Crippen LogP contribution in [0.3, 0.4) is 0 Å². The number of hydrogen-bond donors (Lipinski definition) is 3. The maximum Gasteiger partial charge on any atom is 0.305 e. The summed E-state index contributed by atoms with van der Waals surface area (Å²) in [6.45, 7) is 4.90. The molecule has 0 aliphatic carbocycles. The van der Waals surface area contributed by atoms with E-state index in [2.05, 4.69) is 31.3 Å². The average Bonchev–Trinajstić information content (AvgIpc) is 3.34. The van der Waals surface area contributed by atoms with E-state index in [9.17, 15) is 19.8 Å². The van der Waals surface area contributed by atoms with Crippen LogP contribution < -0.4 is 5.32 Å². The number of allylic oxidation sites excluding steroid dienone is 3. The number of carbonyl (C=O) groups excluding carboxylic acids is 2. The maximum atomic E-state index is 12.5. The molecular weight excluding hydrogens is 839 g/mol. The number of rotatable bonds is 57. The Morgan fingerprint density at radius 2 is 0.691 bits per heavy atom. The highest BCUT2D eigenvalue weighted by Crippen LogP contribution is 2.17. The fourth-order valence-corrected chi connectivity index (χ4v) is 9.51. The van der Waals surface area contributed by atoms with Gasteiger partial charge in [-0.3, -0.25) is 9.59 Å². The molecule has 0 saturated heterocycles. The number of amides is 1. The molecule has 0 aromatic heterocycles. The van der Waals surface area contributed by atoms with Gasteiger partial charge in [-0.1, -0.05) is 289 Å². The van der Waals surface area contributed by atoms with Gasteiger partial charge in [0, 0.05) is 12.8 Å². The molecule has 2 unspecified atom stereocenters. The minimum absolute atomic E-state index is 0.00905. The quantitative estimate of drug-likeness (QED) is 0.0321. The van der Waals surface area contributed by atoms with Crippen LogP contribution in [0.4, 0.5) is 0 Å². The van der Waals surface area contributed by atoms with Crippen molar-refractivity contribution in [3.05, 3.63) is 24.3 Å². The zero-order chi connectivity index (χ0) is 49.3. The van der Waals surface area contributed by atoms with E-state index in [1.807, 2.05) is 6.08 Å². The Bertz CT molecular complexity index is 1060. The largest absolute Gasteiger partial charge is 0.466 e. The van der Waals surface area contributed by atoms with Crippen LogP contribution in [0.2, 0.25) is 0 Å². The molecule has 0 fully saturated rings. The van der Waals surface area contributed by atoms with Crippen molar-refractivity contribution in [3.63, 3.8) is 0 Å². The molecule has 0 rings (SSSR count). The molecule has 0 aromatic carbocycles. The van der Waals surface area contributed by atoms with Crippen molar-refractivity contribution in [3.8, 4) is 0 Å². The number of carbonyl (C=O) groups is 2. The first-order valence-corrected chi connectivity index (χ1v) is 30.6. The summed E-state index contributed by atoms with van der Waals surface area (Å²) in [7, 11) is 0. The van der Waals surface area contributed by atoms with Gasteiger partial charge < -0.3 is 20.3 Å². The summed E-state index contributed by atoms with van der Waals surface area (Å²) in [6.07, 6.45) is 70.6. The smallest absolute Gasteiger partial charge is 0.305 e. The fraction of sp³-hybridized carbons (Fsp3) is 0.903. The number of esters is 1. The van der Waals surface area contributed by atoms with E-state index in [1.54, 1.807) is 6.08 Å². The zero-order valence-corrected chi connectivity index (χ0v) is 45.9. The van der Waals surface area contributed by atoms with Gasteiger partial charge in [0.05, 0.1) is 25.4 Å². The van der Waals surface area contributed by atoms with Gasteiger partial charge in [0.25, 0.3) is 0 Å². The molecule has 6 heteroatoms. The number of ether oxygens (including phenoxy) is 1. The van der Waals surface area contributed by atoms with Gasteiger partial charge in [-0.05, 0) is 57.8 Å². The Hall–Kier alpha value is -1.66. The number of aliphatic hydroxyl groups excluding tert-OH is 2. The van der Waals surface area contributed by atoms with Crippen LogP contribution in [-0.2, 0) is 14.3 Å². The molecule has 402 valence electrons. The lowest BCUT2D eigenvalue weighted by molar-refractivity contribution is -0.143. The molecule has 0 heterocycles. The predicted molar refractivity (Wildman–Crippen MR) is 296 cm³/mol. The third-order valence-corrected chi connectivity index (χ3v) is 14.2. The zero-order valence-electron chi connectivity index (χ0n) is 45.9. The second-order valence-corrected chi connectivity index (χ2v) is 21.0. The molecule has 0 saturated carbocycles. The lowest BCUT2D eigenvalue weighted by Gasteiger charge is -2.20. The van der Waals surface area contributed by atoms with Gasteiger partial charge in [0.1, 0.15) is 0 Å². The lowest BCUT2D eigenvalue weighted by Crippen LogP contribution is -2.45. The third kappa shape index (κ3) is 53.7. The molecule has 0 aliphatic heterocycles. The minimum atomic E-state index is -0.854. The van der Waals surface area contributed by atoms with E-state index < -0.39 is 12.1 Å². The van der Waals surface area contributed by atoms with E-state index >= 15 is 0 Å². The van der Waals surface area contributed by atoms with Crippen LogP contribution in [0.15, 0.2) is 24.3 Å². The van der Waals surface area contributed by atoms with E-state index in [-0.39, 0.29) is 18.5 Å². The van der Waals surface area contributed by atoms with Crippen LogP contribution in [0.5, 0.6) is 0 Å². The summed E-state index contributed by atoms with van der Waals surface area (Å²) >= 11 is 0. The Labute approximate surface area is 424 Å². The Kier molecular flexibility index (Phi) is 56.5. The van der Waals surface area contributed by atoms with Crippen molar-refractivity contribution in [2.75, 3.05) is 13.2 Å². The minimum Gasteiger partial charge on any atom is -0.466 e. The van der Waals surface area contributed by atoms with Crippen molar-refractivity contribution in [2.45, 2.75) is 347 Å². The SMILES string of the molecule is CCCCCCCCC/C=C\CCCCCCCCCC(=O)OCCCCCCCCCCCCCCCC(=O)NC(CO)C(O)/C=C/CCCCCCCCCCCCCCCCCCCC. The van der Waals surface area contributed by atoms with Gasteiger partial charge in [-0.2, -0.15) is 0 Å². The average molecular weight is 959 g/mol. The summed E-state index contributed by atoms with van der Waals surface area (Å²) in [4.78, 5) is 24.6. The van der Waals surface area contributed by atoms with Gasteiger partial charge in [-0.15, -0.1) is 0 Å². The van der Waals surface area contributed by atoms with Crippen molar-refractivity contribution in [2.24, 2.45) is 0 Å². The normalized spacial score (nSPS) is 12.7. The van der Waals surface area contributed by atoms with E-state index in [4.69, 9.17) is 4.74 Å². The Balaban J connectivity index is 3.47. The fourth-order valence-electron chi connectivity index (χ4n) is 9.51. The van der Waals surface area contributed by atoms with Crippen molar-refractivity contribution in [1.82, 2.24) is 5.32 Å². The second kappa shape index (κ2) is 57.9. The van der Waals surface area contributed by atoms with Crippen molar-refractivity contribution >= 4 is 11.9 Å². The van der Waals surface area contributed by atoms with E-state index in [1.165, 1.54) is 250 Å². The molecule has 0 spiro atoms. The standard InChI is InChI=1S/C62H119NO5/c1-3-5-7-9-11-13-15-17-19-21-23-24-25-27-30-34-38-42-46-50-54-60(65)59(58-64)63-61(66)55-51-47-43-39-35-31-29-33-37-41-45-49-53-57-68-62(67)56-52-48-44-40-36-32-28-26-22-20-18-16-14-12-10-8-6-4-2/h20,22,50,54,59-60,64-65H,3-19,21,23-49,51-53,55-58H2,1-2H3,(H,63,66)/b22-20-,54-50+. The molecule has 0 aromatic rings. The summed E-state index contributed by atoms with van der Waals surface area (Å²) < 4.78 is 5.48. The van der Waals surface area contributed by atoms with Gasteiger partial charge >= 0.3 is 5.97 Å². The monoisotopic (exact) mass is 958 g/mol. The van der Waals surface area contributed by atoms with E-state index in [0.717, 1.165) is 57.8 Å². The Morgan fingerprint density at radius 3 is 1.04 bits per heavy atom. The van der Waals surface area contributed by atoms with Crippen LogP contribution in [0.25, 0.3) is 0 Å². The molecule has 3 N–H and O–H groups in total. The molecule has 1 amide bonds. The predicted octanol–water partition coefficient (Wildman–Crippen LogP) is 19.0. The van der Waals surface area contributed by atoms with Crippen molar-refractivity contribution < 1.29 is 24.5 Å². The lowest BCUT2D eigenvalue weighted by atomic mass is 10.0. The Morgan fingerprint density at radius 1 is 0.397 bits per heavy atom. The van der Waals surface area contributed by atoms with Crippen LogP contribution in [-0.4, -0.2) is 47.4 Å². The summed E-state index contributed by atoms with van der Waals surface area (Å²) in [5.74, 6) is -0.0871. The maximum absolute atomic E-state index is 12.5. The van der Waals surface area contributed by atoms with Crippen molar-refractivity contribution in [1.29, 1.82) is 0 Å². The first-order valence-electron chi connectivity index (χ1n) is 30.6. The highest BCUT2D eigenvalue weighted by Gasteiger charge is 2.18. The van der Waals surface area contributed by atoms with Crippen LogP contribution in [0, 0.1) is 0 Å². The topological polar surface area (TPSA) is 95.9 Å². The number of unbranched alkanes of at least 4 members (excludes halogenated alkanes) is 44. The highest BCUT2D eigenvalue weighted by atomic mass is 16.5. The molecule has 0 bridgehead atoms. The highest BCUT2D eigenvalue weighted by molar-refractivity contribution is 5.76. The number of nitrogens with one attached hydrogen (secondary N) is 1. The number of hydrogen-bond acceptors (Lipinski definition) is 5. The second-order valence-electron chi connectivity index (χ2n) is 21.0. The first-order chi connectivity index (χ1) is 33.5. The van der Waals surface area contributed by atoms with Gasteiger partial charge in [0.15, 0.2) is 0 Å². The van der Waals surface area contributed by atoms with Gasteiger partial charge in [-0.25, -0.2) is 0 Å². The third-order valence-electron chi connectivity index (χ3n) is 14.2. The summed E-state index contributed by atoms with van der Waals surface area (Å²) in [5, 5.41) is 23.2. The molecule has 0 aliphatic rings. The summed E-state index contributed by atoms with van der Waals surface area (Å²) in [5.41, 5.74) is 0. The molecule has 68 heavy (non-hydrogen) atoms.